The van der Waals surface area contributed by atoms with Crippen molar-refractivity contribution in [3.63, 3.8) is 0 Å². The number of aryl methyl sites for hydroxylation is 1. The Bertz CT molecular complexity index is 405. The smallest absolute Gasteiger partial charge is 0.259 e. The molecule has 17 heavy (non-hydrogen) atoms. The van der Waals surface area contributed by atoms with Crippen molar-refractivity contribution in [2.75, 3.05) is 7.05 Å². The van der Waals surface area contributed by atoms with E-state index in [0.29, 0.717) is 16.2 Å². The van der Waals surface area contributed by atoms with E-state index in [-0.39, 0.29) is 11.9 Å². The average Bonchev–Trinajstić information content (AvgIpc) is 2.74. The third-order valence-electron chi connectivity index (χ3n) is 3.45. The second-order valence-electron chi connectivity index (χ2n) is 4.58. The number of carbonyl (C=O) groups is 1. The Kier molecular flexibility index (Phi) is 3.86. The van der Waals surface area contributed by atoms with Crippen molar-refractivity contribution >= 4 is 21.8 Å². The van der Waals surface area contributed by atoms with Crippen molar-refractivity contribution in [2.45, 2.75) is 43.5 Å². The maximum absolute atomic E-state index is 12.3. The van der Waals surface area contributed by atoms with E-state index in [4.69, 9.17) is 4.52 Å². The van der Waals surface area contributed by atoms with Crippen LogP contribution in [-0.2, 0) is 0 Å². The molecule has 1 aromatic rings. The van der Waals surface area contributed by atoms with Crippen LogP contribution in [0.2, 0.25) is 0 Å². The van der Waals surface area contributed by atoms with Crippen molar-refractivity contribution in [3.8, 4) is 0 Å². The van der Waals surface area contributed by atoms with Gasteiger partial charge in [-0.25, -0.2) is 0 Å². The normalized spacial score (nSPS) is 24.6. The molecule has 4 nitrogen and oxygen atoms in total. The van der Waals surface area contributed by atoms with E-state index in [9.17, 15) is 4.79 Å². The lowest BCUT2D eigenvalue weighted by molar-refractivity contribution is 0.0703. The number of amides is 1. The van der Waals surface area contributed by atoms with Crippen LogP contribution in [0.5, 0.6) is 0 Å². The summed E-state index contributed by atoms with van der Waals surface area (Å²) in [5, 5.41) is 3.66. The van der Waals surface area contributed by atoms with E-state index in [2.05, 4.69) is 21.1 Å². The lowest BCUT2D eigenvalue weighted by atomic mass is 9.94. The Labute approximate surface area is 109 Å². The molecule has 0 aliphatic heterocycles. The summed E-state index contributed by atoms with van der Waals surface area (Å²) in [4.78, 5) is 14.5. The first kappa shape index (κ1) is 12.6. The molecule has 1 saturated carbocycles. The molecule has 5 heteroatoms. The van der Waals surface area contributed by atoms with E-state index in [1.54, 1.807) is 6.92 Å². The van der Waals surface area contributed by atoms with Gasteiger partial charge in [-0.3, -0.25) is 4.79 Å². The number of hydrogen-bond acceptors (Lipinski definition) is 3. The van der Waals surface area contributed by atoms with Crippen LogP contribution < -0.4 is 0 Å². The number of halogens is 1. The summed E-state index contributed by atoms with van der Waals surface area (Å²) in [6.45, 7) is 1.76. The minimum atomic E-state index is 0.0000926. The lowest BCUT2D eigenvalue weighted by Gasteiger charge is -2.35. The standard InChI is InChI=1S/C12H17BrN2O2/c1-8-9(7-14-17-8)12(16)15(2)11-6-4-3-5-10(11)13/h7,10-11H,3-6H2,1-2H3. The first-order chi connectivity index (χ1) is 8.11. The molecule has 0 N–H and O–H groups in total. The van der Waals surface area contributed by atoms with Crippen LogP contribution in [0.4, 0.5) is 0 Å². The van der Waals surface area contributed by atoms with Gasteiger partial charge in [0.25, 0.3) is 5.91 Å². The fourth-order valence-corrected chi connectivity index (χ4v) is 3.29. The summed E-state index contributed by atoms with van der Waals surface area (Å²) in [7, 11) is 1.86. The van der Waals surface area contributed by atoms with E-state index in [0.717, 1.165) is 12.8 Å². The van der Waals surface area contributed by atoms with Crippen molar-refractivity contribution in [1.29, 1.82) is 0 Å². The summed E-state index contributed by atoms with van der Waals surface area (Å²) >= 11 is 3.67. The van der Waals surface area contributed by atoms with Crippen LogP contribution in [0.25, 0.3) is 0 Å². The second kappa shape index (κ2) is 5.21. The summed E-state index contributed by atoms with van der Waals surface area (Å²) in [5.41, 5.74) is 0.567. The van der Waals surface area contributed by atoms with Gasteiger partial charge in [0.05, 0.1) is 6.20 Å². The van der Waals surface area contributed by atoms with Gasteiger partial charge in [-0.05, 0) is 19.8 Å². The Hall–Kier alpha value is -0.840. The molecule has 1 aliphatic rings. The number of rotatable bonds is 2. The summed E-state index contributed by atoms with van der Waals surface area (Å²) in [5.74, 6) is 0.587. The van der Waals surface area contributed by atoms with Gasteiger partial charge in [0.1, 0.15) is 11.3 Å². The molecule has 94 valence electrons. The van der Waals surface area contributed by atoms with Gasteiger partial charge in [0.15, 0.2) is 0 Å². The van der Waals surface area contributed by atoms with Crippen LogP contribution in [0.3, 0.4) is 0 Å². The molecule has 1 aliphatic carbocycles. The third kappa shape index (κ3) is 2.54. The second-order valence-corrected chi connectivity index (χ2v) is 5.76. The zero-order chi connectivity index (χ0) is 12.4. The Morgan fingerprint density at radius 2 is 2.24 bits per heavy atom. The molecule has 1 amide bonds. The van der Waals surface area contributed by atoms with Crippen LogP contribution in [0, 0.1) is 6.92 Å². The number of alkyl halides is 1. The van der Waals surface area contributed by atoms with Gasteiger partial charge in [-0.1, -0.05) is 33.9 Å². The molecule has 0 spiro atoms. The molecule has 0 radical (unpaired) electrons. The fourth-order valence-electron chi connectivity index (χ4n) is 2.35. The molecule has 1 aromatic heterocycles. The Morgan fingerprint density at radius 1 is 1.53 bits per heavy atom. The molecule has 2 atom stereocenters. The predicted molar refractivity (Wildman–Crippen MR) is 68.3 cm³/mol. The van der Waals surface area contributed by atoms with Crippen molar-refractivity contribution < 1.29 is 9.32 Å². The highest BCUT2D eigenvalue weighted by atomic mass is 79.9. The van der Waals surface area contributed by atoms with Gasteiger partial charge in [0.2, 0.25) is 0 Å². The fraction of sp³-hybridized carbons (Fsp3) is 0.667. The molecule has 0 saturated heterocycles. The maximum atomic E-state index is 12.3. The third-order valence-corrected chi connectivity index (χ3v) is 4.51. The summed E-state index contributed by atoms with van der Waals surface area (Å²) in [6.07, 6.45) is 6.11. The predicted octanol–water partition coefficient (Wildman–Crippen LogP) is 2.76. The number of carbonyl (C=O) groups excluding carboxylic acids is 1. The van der Waals surface area contributed by atoms with Gasteiger partial charge in [-0.2, -0.15) is 0 Å². The zero-order valence-electron chi connectivity index (χ0n) is 10.1. The van der Waals surface area contributed by atoms with E-state index in [1.807, 2.05) is 11.9 Å². The number of nitrogens with zero attached hydrogens (tertiary/aromatic N) is 2. The van der Waals surface area contributed by atoms with Gasteiger partial charge < -0.3 is 9.42 Å². The molecular formula is C12H17BrN2O2. The van der Waals surface area contributed by atoms with Gasteiger partial charge >= 0.3 is 0 Å². The van der Waals surface area contributed by atoms with Crippen LogP contribution >= 0.6 is 15.9 Å². The van der Waals surface area contributed by atoms with Gasteiger partial charge in [0, 0.05) is 17.9 Å². The lowest BCUT2D eigenvalue weighted by Crippen LogP contribution is -2.44. The molecule has 0 aromatic carbocycles. The van der Waals surface area contributed by atoms with Crippen LogP contribution in [0.15, 0.2) is 10.7 Å². The molecule has 1 heterocycles. The first-order valence-electron chi connectivity index (χ1n) is 5.93. The molecule has 2 unspecified atom stereocenters. The topological polar surface area (TPSA) is 46.3 Å². The summed E-state index contributed by atoms with van der Waals surface area (Å²) in [6, 6.07) is 0.269. The van der Waals surface area contributed by atoms with Crippen LogP contribution in [0.1, 0.15) is 41.8 Å². The Morgan fingerprint density at radius 3 is 2.82 bits per heavy atom. The summed E-state index contributed by atoms with van der Waals surface area (Å²) < 4.78 is 4.94. The molecule has 2 rings (SSSR count). The van der Waals surface area contributed by atoms with E-state index < -0.39 is 0 Å². The molecule has 0 bridgehead atoms. The highest BCUT2D eigenvalue weighted by Crippen LogP contribution is 2.28. The minimum Gasteiger partial charge on any atom is -0.361 e. The van der Waals surface area contributed by atoms with Crippen LogP contribution in [-0.4, -0.2) is 33.9 Å². The maximum Gasteiger partial charge on any atom is 0.259 e. The van der Waals surface area contributed by atoms with E-state index in [1.165, 1.54) is 19.0 Å². The van der Waals surface area contributed by atoms with Crippen molar-refractivity contribution in [3.05, 3.63) is 17.5 Å². The highest BCUT2D eigenvalue weighted by molar-refractivity contribution is 9.09. The van der Waals surface area contributed by atoms with Crippen molar-refractivity contribution in [2.24, 2.45) is 0 Å². The highest BCUT2D eigenvalue weighted by Gasteiger charge is 2.30. The van der Waals surface area contributed by atoms with E-state index >= 15 is 0 Å². The first-order valence-corrected chi connectivity index (χ1v) is 6.85. The van der Waals surface area contributed by atoms with Crippen molar-refractivity contribution in [1.82, 2.24) is 10.1 Å². The Balaban J connectivity index is 2.11. The monoisotopic (exact) mass is 300 g/mol. The molecule has 1 fully saturated rings. The average molecular weight is 301 g/mol. The quantitative estimate of drug-likeness (QED) is 0.789. The number of aromatic nitrogens is 1. The SMILES string of the molecule is Cc1oncc1C(=O)N(C)C1CCCCC1Br. The minimum absolute atomic E-state index is 0.0000926. The molecular weight excluding hydrogens is 284 g/mol. The number of hydrogen-bond donors (Lipinski definition) is 0. The largest absolute Gasteiger partial charge is 0.361 e. The van der Waals surface area contributed by atoms with Gasteiger partial charge in [-0.15, -0.1) is 0 Å². The zero-order valence-corrected chi connectivity index (χ0v) is 11.7.